The van der Waals surface area contributed by atoms with Crippen LogP contribution in [0.25, 0.3) is 0 Å². The molecule has 1 aliphatic rings. The highest BCUT2D eigenvalue weighted by Crippen LogP contribution is 2.28. The van der Waals surface area contributed by atoms with Crippen molar-refractivity contribution in [2.75, 3.05) is 20.3 Å². The smallest absolute Gasteiger partial charge is 0.310 e. The fraction of sp³-hybridized carbons (Fsp3) is 0.600. The van der Waals surface area contributed by atoms with Gasteiger partial charge in [-0.15, -0.1) is 0 Å². The molecule has 0 aliphatic heterocycles. The molecule has 1 fully saturated rings. The number of hydrogen-bond donors (Lipinski definition) is 1. The first-order valence-corrected chi connectivity index (χ1v) is 7.33. The number of rotatable bonds is 10. The minimum Gasteiger partial charge on any atom is -0.487 e. The molecule has 21 heavy (non-hydrogen) atoms. The highest BCUT2D eigenvalue weighted by molar-refractivity contribution is 5.48. The monoisotopic (exact) mass is 294 g/mol. The molecule has 1 aromatic rings. The van der Waals surface area contributed by atoms with Crippen molar-refractivity contribution in [2.24, 2.45) is 0 Å². The standard InChI is InChI=1S/C15H22N2O4/c1-20-8-2-3-9-21-15-10-12(11-16-13-5-6-13)4-7-14(15)17(18)19/h4,7,10,13,16H,2-3,5-6,8-9,11H2,1H3. The number of nitro groups is 1. The third kappa shape index (κ3) is 5.32. The predicted octanol–water partition coefficient (Wildman–Crippen LogP) is 2.65. The molecule has 1 saturated carbocycles. The number of hydrogen-bond acceptors (Lipinski definition) is 5. The van der Waals surface area contributed by atoms with E-state index in [0.717, 1.165) is 24.9 Å². The first kappa shape index (κ1) is 15.7. The summed E-state index contributed by atoms with van der Waals surface area (Å²) in [5.74, 6) is 0.354. The lowest BCUT2D eigenvalue weighted by molar-refractivity contribution is -0.385. The third-order valence-electron chi connectivity index (χ3n) is 3.39. The molecule has 116 valence electrons. The molecule has 2 rings (SSSR count). The van der Waals surface area contributed by atoms with E-state index in [2.05, 4.69) is 5.32 Å². The number of unbranched alkanes of at least 4 members (excludes halogenated alkanes) is 1. The van der Waals surface area contributed by atoms with Gasteiger partial charge in [0.05, 0.1) is 11.5 Å². The molecular weight excluding hydrogens is 272 g/mol. The molecule has 0 unspecified atom stereocenters. The summed E-state index contributed by atoms with van der Waals surface area (Å²) in [4.78, 5) is 10.6. The van der Waals surface area contributed by atoms with Gasteiger partial charge in [-0.05, 0) is 37.3 Å². The maximum absolute atomic E-state index is 11.0. The Morgan fingerprint density at radius 3 is 2.76 bits per heavy atom. The van der Waals surface area contributed by atoms with Crippen LogP contribution in [0, 0.1) is 10.1 Å². The highest BCUT2D eigenvalue weighted by Gasteiger charge is 2.21. The van der Waals surface area contributed by atoms with Crippen LogP contribution in [0.4, 0.5) is 5.69 Å². The molecule has 1 N–H and O–H groups in total. The second kappa shape index (κ2) is 7.95. The molecule has 0 spiro atoms. The van der Waals surface area contributed by atoms with Crippen LogP contribution < -0.4 is 10.1 Å². The highest BCUT2D eigenvalue weighted by atomic mass is 16.6. The Hall–Kier alpha value is -1.66. The van der Waals surface area contributed by atoms with E-state index in [4.69, 9.17) is 9.47 Å². The Kier molecular flexibility index (Phi) is 5.95. The maximum atomic E-state index is 11.0. The Balaban J connectivity index is 1.92. The van der Waals surface area contributed by atoms with Crippen molar-refractivity contribution in [3.8, 4) is 5.75 Å². The second-order valence-electron chi connectivity index (χ2n) is 5.26. The molecule has 0 atom stereocenters. The van der Waals surface area contributed by atoms with Gasteiger partial charge >= 0.3 is 5.69 Å². The Labute approximate surface area is 124 Å². The Morgan fingerprint density at radius 2 is 2.10 bits per heavy atom. The lowest BCUT2D eigenvalue weighted by Gasteiger charge is -2.09. The third-order valence-corrected chi connectivity index (χ3v) is 3.39. The van der Waals surface area contributed by atoms with Crippen molar-refractivity contribution < 1.29 is 14.4 Å². The molecule has 0 bridgehead atoms. The van der Waals surface area contributed by atoms with Gasteiger partial charge < -0.3 is 14.8 Å². The summed E-state index contributed by atoms with van der Waals surface area (Å²) in [6.45, 7) is 1.86. The number of nitrogens with zero attached hydrogens (tertiary/aromatic N) is 1. The second-order valence-corrected chi connectivity index (χ2v) is 5.26. The molecular formula is C15H22N2O4. The van der Waals surface area contributed by atoms with Crippen LogP contribution in [0.3, 0.4) is 0 Å². The van der Waals surface area contributed by atoms with Gasteiger partial charge in [-0.25, -0.2) is 0 Å². The van der Waals surface area contributed by atoms with Crippen molar-refractivity contribution in [3.05, 3.63) is 33.9 Å². The molecule has 0 aromatic heterocycles. The van der Waals surface area contributed by atoms with Gasteiger partial charge in [0.1, 0.15) is 0 Å². The Morgan fingerprint density at radius 1 is 1.33 bits per heavy atom. The molecule has 0 amide bonds. The van der Waals surface area contributed by atoms with Gasteiger partial charge in [0.25, 0.3) is 0 Å². The van der Waals surface area contributed by atoms with Crippen molar-refractivity contribution in [3.63, 3.8) is 0 Å². The van der Waals surface area contributed by atoms with E-state index in [9.17, 15) is 10.1 Å². The zero-order chi connectivity index (χ0) is 15.1. The van der Waals surface area contributed by atoms with Gasteiger partial charge in [-0.1, -0.05) is 6.07 Å². The summed E-state index contributed by atoms with van der Waals surface area (Å²) in [6, 6.07) is 5.68. The summed E-state index contributed by atoms with van der Waals surface area (Å²) in [5.41, 5.74) is 1.04. The van der Waals surface area contributed by atoms with Crippen LogP contribution in [0.15, 0.2) is 18.2 Å². The van der Waals surface area contributed by atoms with Crippen molar-refractivity contribution in [1.29, 1.82) is 0 Å². The summed E-state index contributed by atoms with van der Waals surface area (Å²) < 4.78 is 10.5. The number of benzene rings is 1. The average molecular weight is 294 g/mol. The van der Waals surface area contributed by atoms with Crippen LogP contribution >= 0.6 is 0 Å². The lowest BCUT2D eigenvalue weighted by atomic mass is 10.2. The summed E-state index contributed by atoms with van der Waals surface area (Å²) >= 11 is 0. The molecule has 0 saturated heterocycles. The van der Waals surface area contributed by atoms with E-state index in [1.165, 1.54) is 18.9 Å². The lowest BCUT2D eigenvalue weighted by Crippen LogP contribution is -2.15. The van der Waals surface area contributed by atoms with Crippen LogP contribution in [-0.4, -0.2) is 31.3 Å². The number of ether oxygens (including phenoxy) is 2. The van der Waals surface area contributed by atoms with Crippen molar-refractivity contribution >= 4 is 5.69 Å². The largest absolute Gasteiger partial charge is 0.487 e. The van der Waals surface area contributed by atoms with Crippen LogP contribution in [0.1, 0.15) is 31.2 Å². The van der Waals surface area contributed by atoms with E-state index >= 15 is 0 Å². The van der Waals surface area contributed by atoms with Gasteiger partial charge in [0.2, 0.25) is 0 Å². The van der Waals surface area contributed by atoms with Crippen LogP contribution in [0.2, 0.25) is 0 Å². The van der Waals surface area contributed by atoms with Crippen molar-refractivity contribution in [1.82, 2.24) is 5.32 Å². The molecule has 0 radical (unpaired) electrons. The zero-order valence-corrected chi connectivity index (χ0v) is 12.3. The van der Waals surface area contributed by atoms with E-state index < -0.39 is 4.92 Å². The minimum atomic E-state index is -0.400. The van der Waals surface area contributed by atoms with E-state index in [1.54, 1.807) is 19.2 Å². The number of nitro benzene ring substituents is 1. The summed E-state index contributed by atoms with van der Waals surface area (Å²) in [7, 11) is 1.65. The average Bonchev–Trinajstić information content (AvgIpc) is 3.29. The Bertz CT molecular complexity index is 475. The normalized spacial score (nSPS) is 14.1. The van der Waals surface area contributed by atoms with Gasteiger partial charge in [-0.3, -0.25) is 10.1 Å². The van der Waals surface area contributed by atoms with Crippen molar-refractivity contribution in [2.45, 2.75) is 38.3 Å². The van der Waals surface area contributed by atoms with Gasteiger partial charge in [0.15, 0.2) is 5.75 Å². The molecule has 1 aromatic carbocycles. The van der Waals surface area contributed by atoms with Crippen LogP contribution in [0.5, 0.6) is 5.75 Å². The first-order valence-electron chi connectivity index (χ1n) is 7.33. The van der Waals surface area contributed by atoms with E-state index in [0.29, 0.717) is 25.0 Å². The first-order chi connectivity index (χ1) is 10.2. The predicted molar refractivity (Wildman–Crippen MR) is 79.6 cm³/mol. The van der Waals surface area contributed by atoms with Gasteiger partial charge in [-0.2, -0.15) is 0 Å². The molecule has 0 heterocycles. The fourth-order valence-electron chi connectivity index (χ4n) is 2.02. The SMILES string of the molecule is COCCCCOc1cc(CNC2CC2)ccc1[N+](=O)[O-]. The maximum Gasteiger partial charge on any atom is 0.310 e. The van der Waals surface area contributed by atoms with E-state index in [-0.39, 0.29) is 5.69 Å². The fourth-order valence-corrected chi connectivity index (χ4v) is 2.02. The topological polar surface area (TPSA) is 73.6 Å². The van der Waals surface area contributed by atoms with Crippen LogP contribution in [-0.2, 0) is 11.3 Å². The number of methoxy groups -OCH3 is 1. The molecule has 1 aliphatic carbocycles. The van der Waals surface area contributed by atoms with E-state index in [1.807, 2.05) is 0 Å². The quantitative estimate of drug-likeness (QED) is 0.408. The molecule has 6 heteroatoms. The summed E-state index contributed by atoms with van der Waals surface area (Å²) in [5, 5.41) is 14.4. The zero-order valence-electron chi connectivity index (χ0n) is 12.3. The number of nitrogens with one attached hydrogen (secondary N) is 1. The summed E-state index contributed by atoms with van der Waals surface area (Å²) in [6.07, 6.45) is 4.13. The minimum absolute atomic E-state index is 0.0249. The van der Waals surface area contributed by atoms with Gasteiger partial charge in [0, 0.05) is 32.4 Å². The molecule has 6 nitrogen and oxygen atoms in total.